The van der Waals surface area contributed by atoms with Gasteiger partial charge in [0.05, 0.1) is 23.6 Å². The number of aromatic nitrogens is 3. The van der Waals surface area contributed by atoms with Crippen LogP contribution < -0.4 is 16.4 Å². The van der Waals surface area contributed by atoms with Crippen LogP contribution in [0.15, 0.2) is 18.6 Å². The molecule has 16 heteroatoms. The molecule has 42 heavy (non-hydrogen) atoms. The summed E-state index contributed by atoms with van der Waals surface area (Å²) in [7, 11) is 0. The van der Waals surface area contributed by atoms with Gasteiger partial charge in [0.2, 0.25) is 6.79 Å². The first kappa shape index (κ1) is 30.8. The summed E-state index contributed by atoms with van der Waals surface area (Å²) in [4.78, 5) is 57.8. The van der Waals surface area contributed by atoms with E-state index in [9.17, 15) is 29.4 Å². The topological polar surface area (TPSA) is 226 Å². The molecule has 2 aliphatic heterocycles. The van der Waals surface area contributed by atoms with E-state index in [4.69, 9.17) is 24.7 Å². The van der Waals surface area contributed by atoms with Crippen molar-refractivity contribution in [2.24, 2.45) is 17.6 Å². The lowest BCUT2D eigenvalue weighted by Gasteiger charge is -2.31. The van der Waals surface area contributed by atoms with E-state index in [1.165, 1.54) is 24.0 Å². The molecule has 2 amide bonds. The van der Waals surface area contributed by atoms with E-state index in [-0.39, 0.29) is 34.0 Å². The smallest absolute Gasteiger partial charge is 0.414 e. The van der Waals surface area contributed by atoms with E-state index in [2.05, 4.69) is 20.6 Å². The molecule has 4 heterocycles. The van der Waals surface area contributed by atoms with Crippen molar-refractivity contribution in [3.63, 3.8) is 0 Å². The zero-order valence-electron chi connectivity index (χ0n) is 23.7. The third kappa shape index (κ3) is 5.92. The van der Waals surface area contributed by atoms with Gasteiger partial charge in [-0.25, -0.2) is 14.8 Å². The highest BCUT2D eigenvalue weighted by Gasteiger charge is 2.56. The Morgan fingerprint density at radius 3 is 2.57 bits per heavy atom. The second-order valence-electron chi connectivity index (χ2n) is 10.8. The third-order valence-electron chi connectivity index (χ3n) is 6.90. The van der Waals surface area contributed by atoms with E-state index in [1.54, 1.807) is 27.7 Å². The predicted molar refractivity (Wildman–Crippen MR) is 144 cm³/mol. The van der Waals surface area contributed by atoms with E-state index >= 15 is 0 Å². The molecular formula is C26H34N6O10. The quantitative estimate of drug-likeness (QED) is 0.194. The number of rotatable bonds is 9. The third-order valence-corrected chi connectivity index (χ3v) is 6.90. The number of nitrogens with two attached hydrogens (primary N) is 1. The minimum Gasteiger partial charge on any atom is -0.455 e. The summed E-state index contributed by atoms with van der Waals surface area (Å²) in [6.45, 7) is 6.84. The maximum atomic E-state index is 12.7. The first-order chi connectivity index (χ1) is 19.8. The van der Waals surface area contributed by atoms with Crippen LogP contribution in [0, 0.1) is 11.8 Å². The first-order valence-corrected chi connectivity index (χ1v) is 13.2. The highest BCUT2D eigenvalue weighted by atomic mass is 16.7. The summed E-state index contributed by atoms with van der Waals surface area (Å²) in [6.07, 6.45) is -1.00. The molecule has 4 rings (SSSR count). The summed E-state index contributed by atoms with van der Waals surface area (Å²) >= 11 is 0. The van der Waals surface area contributed by atoms with E-state index in [1.807, 2.05) is 0 Å². The molecule has 2 aromatic rings. The van der Waals surface area contributed by atoms with Crippen molar-refractivity contribution in [3.05, 3.63) is 24.2 Å². The minimum absolute atomic E-state index is 0.0211. The number of aliphatic hydroxyl groups excluding tert-OH is 1. The Morgan fingerprint density at radius 2 is 1.93 bits per heavy atom. The second kappa shape index (κ2) is 12.0. The molecular weight excluding hydrogens is 556 g/mol. The highest BCUT2D eigenvalue weighted by molar-refractivity contribution is 6.14. The normalized spacial score (nSPS) is 24.2. The van der Waals surface area contributed by atoms with Gasteiger partial charge in [0.15, 0.2) is 12.3 Å². The van der Waals surface area contributed by atoms with Crippen LogP contribution in [0.4, 0.5) is 10.6 Å². The number of hydrogen-bond acceptors (Lipinski definition) is 13. The molecule has 0 saturated carbocycles. The Kier molecular flexibility index (Phi) is 8.81. The number of nitrogens with zero attached hydrogens (tertiary/aromatic N) is 3. The molecule has 2 aromatic heterocycles. The van der Waals surface area contributed by atoms with Gasteiger partial charge in [0.25, 0.3) is 5.91 Å². The van der Waals surface area contributed by atoms with Crippen molar-refractivity contribution >= 4 is 46.5 Å². The number of anilines is 1. The molecule has 0 bridgehead atoms. The van der Waals surface area contributed by atoms with Gasteiger partial charge in [-0.05, 0) is 12.8 Å². The van der Waals surface area contributed by atoms with Crippen molar-refractivity contribution in [2.75, 3.05) is 18.7 Å². The lowest BCUT2D eigenvalue weighted by Crippen LogP contribution is -2.50. The van der Waals surface area contributed by atoms with Gasteiger partial charge >= 0.3 is 18.0 Å². The van der Waals surface area contributed by atoms with Gasteiger partial charge in [0, 0.05) is 17.8 Å². The molecule has 0 radical (unpaired) electrons. The van der Waals surface area contributed by atoms with E-state index in [0.29, 0.717) is 0 Å². The molecule has 228 valence electrons. The Hall–Kier alpha value is -4.12. The molecule has 5 unspecified atom stereocenters. The predicted octanol–water partition coefficient (Wildman–Crippen LogP) is 0.143. The Labute approximate surface area is 240 Å². The number of carbonyl (C=O) groups is 4. The molecule has 1 fully saturated rings. The summed E-state index contributed by atoms with van der Waals surface area (Å²) in [6, 6.07) is -0.970. The molecule has 1 saturated heterocycles. The summed E-state index contributed by atoms with van der Waals surface area (Å²) in [5.41, 5.74) is 4.43. The summed E-state index contributed by atoms with van der Waals surface area (Å²) in [5.74, 6) is -2.52. The largest absolute Gasteiger partial charge is 0.455 e. The number of nitrogens with one attached hydrogen (secondary N) is 2. The zero-order valence-corrected chi connectivity index (χ0v) is 23.7. The van der Waals surface area contributed by atoms with Gasteiger partial charge < -0.3 is 44.8 Å². The standard InChI is InChI=1S/C26H34N6O10/c1-11(2)18(27)23(36)42-19-15(8-33)41-24(26(19,5)38)32-7-13-14(30-25(37)40-10-39-22(35)12(3)4)6-16(34)31-20-17(13)21(32)29-9-28-20/h6-7,9,11-12,15,18-19,24,33,38H,8,10,27H2,1-5H3,(H,30,37)(H,28,29,31,34). The van der Waals surface area contributed by atoms with E-state index in [0.717, 1.165) is 6.08 Å². The number of carbonyl (C=O) groups excluding carboxylic acids is 4. The SMILES string of the molecule is CC(C)C(=O)OCOC(=O)NC1=CC(=O)Nc2ncnc3c2c1cn3C1OC(CO)C(OC(=O)C(N)C(C)C)C1(C)O. The van der Waals surface area contributed by atoms with Crippen LogP contribution >= 0.6 is 0 Å². The number of aliphatic hydroxyl groups is 2. The Balaban J connectivity index is 1.67. The number of hydrogen-bond donors (Lipinski definition) is 5. The van der Waals surface area contributed by atoms with Gasteiger partial charge in [-0.15, -0.1) is 0 Å². The lowest BCUT2D eigenvalue weighted by atomic mass is 9.95. The minimum atomic E-state index is -1.90. The summed E-state index contributed by atoms with van der Waals surface area (Å²) < 4.78 is 22.7. The summed E-state index contributed by atoms with van der Waals surface area (Å²) in [5, 5.41) is 27.0. The zero-order chi connectivity index (χ0) is 30.9. The van der Waals surface area contributed by atoms with Crippen LogP contribution in [0.2, 0.25) is 0 Å². The van der Waals surface area contributed by atoms with Gasteiger partial charge in [-0.3, -0.25) is 19.7 Å². The van der Waals surface area contributed by atoms with Gasteiger partial charge in [0.1, 0.15) is 35.5 Å². The molecule has 5 atom stereocenters. The highest BCUT2D eigenvalue weighted by Crippen LogP contribution is 2.43. The van der Waals surface area contributed by atoms with Crippen molar-refractivity contribution in [2.45, 2.75) is 64.7 Å². The number of amides is 2. The fraction of sp³-hybridized carbons (Fsp3) is 0.538. The molecule has 16 nitrogen and oxygen atoms in total. The molecule has 0 aromatic carbocycles. The fourth-order valence-electron chi connectivity index (χ4n) is 4.53. The van der Waals surface area contributed by atoms with Gasteiger partial charge in [-0.2, -0.15) is 0 Å². The van der Waals surface area contributed by atoms with Crippen LogP contribution in [0.1, 0.15) is 46.4 Å². The Bertz CT molecular complexity index is 1420. The van der Waals surface area contributed by atoms with Crippen molar-refractivity contribution < 1.29 is 48.3 Å². The van der Waals surface area contributed by atoms with Crippen LogP contribution in [-0.4, -0.2) is 85.9 Å². The first-order valence-electron chi connectivity index (χ1n) is 13.2. The van der Waals surface area contributed by atoms with Crippen LogP contribution in [-0.2, 0) is 33.3 Å². The fourth-order valence-corrected chi connectivity index (χ4v) is 4.53. The maximum absolute atomic E-state index is 12.7. The lowest BCUT2D eigenvalue weighted by molar-refractivity contribution is -0.166. The average Bonchev–Trinajstić information content (AvgIpc) is 3.37. The number of esters is 2. The average molecular weight is 591 g/mol. The molecule has 2 aliphatic rings. The van der Waals surface area contributed by atoms with Crippen molar-refractivity contribution in [1.82, 2.24) is 19.9 Å². The van der Waals surface area contributed by atoms with Crippen molar-refractivity contribution in [3.8, 4) is 0 Å². The van der Waals surface area contributed by atoms with E-state index < -0.39 is 73.3 Å². The monoisotopic (exact) mass is 590 g/mol. The van der Waals surface area contributed by atoms with Crippen LogP contribution in [0.25, 0.3) is 16.7 Å². The number of ether oxygens (including phenoxy) is 4. The Morgan fingerprint density at radius 1 is 1.21 bits per heavy atom. The maximum Gasteiger partial charge on any atom is 0.414 e. The van der Waals surface area contributed by atoms with Crippen LogP contribution in [0.5, 0.6) is 0 Å². The van der Waals surface area contributed by atoms with Crippen LogP contribution in [0.3, 0.4) is 0 Å². The second-order valence-corrected chi connectivity index (χ2v) is 10.8. The molecule has 0 spiro atoms. The van der Waals surface area contributed by atoms with Gasteiger partial charge in [-0.1, -0.05) is 27.7 Å². The van der Waals surface area contributed by atoms with Crippen molar-refractivity contribution in [1.29, 1.82) is 0 Å². The number of alkyl carbamates (subject to hydrolysis) is 1. The molecule has 6 N–H and O–H groups in total. The molecule has 0 aliphatic carbocycles.